The Kier molecular flexibility index (Phi) is 6.04. The van der Waals surface area contributed by atoms with Crippen LogP contribution in [0.3, 0.4) is 0 Å². The lowest BCUT2D eigenvalue weighted by molar-refractivity contribution is -0.898. The summed E-state index contributed by atoms with van der Waals surface area (Å²) in [6.45, 7) is 8.29. The van der Waals surface area contributed by atoms with Crippen molar-refractivity contribution in [1.29, 1.82) is 0 Å². The van der Waals surface area contributed by atoms with Gasteiger partial charge in [-0.25, -0.2) is 0 Å². The SMILES string of the molecule is CC1CC[NH+](CC(=O)N2CCN(c3nnc(-c4ccccc4)c4ccccc34)CC2)CC1. The fourth-order valence-electron chi connectivity index (χ4n) is 4.97. The summed E-state index contributed by atoms with van der Waals surface area (Å²) in [4.78, 5) is 18.6. The first-order valence-electron chi connectivity index (χ1n) is 11.9. The second kappa shape index (κ2) is 9.25. The number of likely N-dealkylation sites (tertiary alicyclic amines) is 1. The van der Waals surface area contributed by atoms with Gasteiger partial charge in [0, 0.05) is 42.5 Å². The van der Waals surface area contributed by atoms with Gasteiger partial charge < -0.3 is 14.7 Å². The van der Waals surface area contributed by atoms with Gasteiger partial charge in [-0.15, -0.1) is 10.2 Å². The zero-order valence-corrected chi connectivity index (χ0v) is 18.8. The zero-order valence-electron chi connectivity index (χ0n) is 18.8. The van der Waals surface area contributed by atoms with Gasteiger partial charge in [0.25, 0.3) is 5.91 Å². The van der Waals surface area contributed by atoms with Gasteiger partial charge in [-0.1, -0.05) is 61.5 Å². The first kappa shape index (κ1) is 20.9. The van der Waals surface area contributed by atoms with Gasteiger partial charge >= 0.3 is 0 Å². The van der Waals surface area contributed by atoms with E-state index in [1.54, 1.807) is 0 Å². The molecule has 2 aliphatic rings. The van der Waals surface area contributed by atoms with Crippen molar-refractivity contribution in [3.63, 3.8) is 0 Å². The lowest BCUT2D eigenvalue weighted by atomic mass is 9.99. The third-order valence-corrected chi connectivity index (χ3v) is 7.03. The lowest BCUT2D eigenvalue weighted by Gasteiger charge is -2.36. The number of hydrogen-bond acceptors (Lipinski definition) is 4. The minimum Gasteiger partial charge on any atom is -0.351 e. The highest BCUT2D eigenvalue weighted by Crippen LogP contribution is 2.31. The molecule has 1 N–H and O–H groups in total. The van der Waals surface area contributed by atoms with E-state index in [1.807, 2.05) is 23.1 Å². The number of nitrogens with one attached hydrogen (secondary N) is 1. The number of fused-ring (bicyclic) bond motifs is 1. The molecule has 0 unspecified atom stereocenters. The monoisotopic (exact) mass is 430 g/mol. The van der Waals surface area contributed by atoms with E-state index in [0.29, 0.717) is 12.5 Å². The summed E-state index contributed by atoms with van der Waals surface area (Å²) in [5.74, 6) is 2.02. The van der Waals surface area contributed by atoms with Crippen LogP contribution in [-0.2, 0) is 4.79 Å². The molecular formula is C26H32N5O+. The number of benzene rings is 2. The predicted molar refractivity (Wildman–Crippen MR) is 128 cm³/mol. The average Bonchev–Trinajstić information content (AvgIpc) is 2.85. The molecule has 32 heavy (non-hydrogen) atoms. The van der Waals surface area contributed by atoms with Crippen molar-refractivity contribution in [2.75, 3.05) is 50.7 Å². The first-order chi connectivity index (χ1) is 15.7. The molecule has 0 saturated carbocycles. The molecule has 2 fully saturated rings. The van der Waals surface area contributed by atoms with Crippen LogP contribution < -0.4 is 9.80 Å². The van der Waals surface area contributed by atoms with Crippen molar-refractivity contribution in [2.45, 2.75) is 19.8 Å². The van der Waals surface area contributed by atoms with E-state index in [4.69, 9.17) is 0 Å². The Balaban J connectivity index is 1.29. The zero-order chi connectivity index (χ0) is 21.9. The van der Waals surface area contributed by atoms with Gasteiger partial charge in [0.05, 0.1) is 13.1 Å². The minimum atomic E-state index is 0.296. The van der Waals surface area contributed by atoms with Crippen LogP contribution in [0.15, 0.2) is 54.6 Å². The maximum Gasteiger partial charge on any atom is 0.277 e. The Morgan fingerprint density at radius 3 is 2.28 bits per heavy atom. The van der Waals surface area contributed by atoms with Gasteiger partial charge in [-0.3, -0.25) is 4.79 Å². The summed E-state index contributed by atoms with van der Waals surface area (Å²) < 4.78 is 0. The van der Waals surface area contributed by atoms with Crippen LogP contribution in [0.5, 0.6) is 0 Å². The van der Waals surface area contributed by atoms with E-state index in [-0.39, 0.29) is 0 Å². The maximum absolute atomic E-state index is 12.9. The molecule has 5 rings (SSSR count). The number of carbonyl (C=O) groups is 1. The highest BCUT2D eigenvalue weighted by molar-refractivity contribution is 6.00. The van der Waals surface area contributed by atoms with Crippen molar-refractivity contribution in [3.05, 3.63) is 54.6 Å². The Morgan fingerprint density at radius 2 is 1.56 bits per heavy atom. The summed E-state index contributed by atoms with van der Waals surface area (Å²) in [5.41, 5.74) is 1.99. The molecule has 0 bridgehead atoms. The number of quaternary nitrogens is 1. The number of piperazine rings is 1. The smallest absolute Gasteiger partial charge is 0.277 e. The van der Waals surface area contributed by atoms with Gasteiger partial charge in [0.2, 0.25) is 0 Å². The molecule has 0 atom stereocenters. The van der Waals surface area contributed by atoms with E-state index >= 15 is 0 Å². The fourth-order valence-corrected chi connectivity index (χ4v) is 4.97. The number of rotatable bonds is 4. The molecule has 1 amide bonds. The molecule has 2 saturated heterocycles. The van der Waals surface area contributed by atoms with Gasteiger partial charge in [0.1, 0.15) is 5.69 Å². The molecule has 0 spiro atoms. The fraction of sp³-hybridized carbons (Fsp3) is 0.423. The van der Waals surface area contributed by atoms with Gasteiger partial charge in [-0.05, 0) is 18.8 Å². The largest absolute Gasteiger partial charge is 0.351 e. The summed E-state index contributed by atoms with van der Waals surface area (Å²) >= 11 is 0. The number of hydrogen-bond donors (Lipinski definition) is 1. The molecular weight excluding hydrogens is 398 g/mol. The van der Waals surface area contributed by atoms with Crippen LogP contribution in [0.1, 0.15) is 19.8 Å². The second-order valence-electron chi connectivity index (χ2n) is 9.26. The third-order valence-electron chi connectivity index (χ3n) is 7.03. The van der Waals surface area contributed by atoms with Gasteiger partial charge in [-0.2, -0.15) is 0 Å². The number of anilines is 1. The highest BCUT2D eigenvalue weighted by Gasteiger charge is 2.28. The maximum atomic E-state index is 12.9. The number of aromatic nitrogens is 2. The Labute approximate surface area is 189 Å². The van der Waals surface area contributed by atoms with Crippen LogP contribution in [-0.4, -0.2) is 66.8 Å². The molecule has 3 aromatic rings. The highest BCUT2D eigenvalue weighted by atomic mass is 16.2. The minimum absolute atomic E-state index is 0.296. The molecule has 1 aromatic heterocycles. The number of carbonyl (C=O) groups excluding carboxylic acids is 1. The number of piperidine rings is 1. The Morgan fingerprint density at radius 1 is 0.906 bits per heavy atom. The quantitative estimate of drug-likeness (QED) is 0.690. The van der Waals surface area contributed by atoms with Crippen LogP contribution in [0.25, 0.3) is 22.0 Å². The first-order valence-corrected chi connectivity index (χ1v) is 11.9. The molecule has 0 radical (unpaired) electrons. The molecule has 0 aliphatic carbocycles. The van der Waals surface area contributed by atoms with Crippen LogP contribution >= 0.6 is 0 Å². The molecule has 166 valence electrons. The van der Waals surface area contributed by atoms with Crippen LogP contribution in [0, 0.1) is 5.92 Å². The summed E-state index contributed by atoms with van der Waals surface area (Å²) in [7, 11) is 0. The lowest BCUT2D eigenvalue weighted by Crippen LogP contribution is -3.14. The van der Waals surface area contributed by atoms with Crippen molar-refractivity contribution >= 4 is 22.5 Å². The van der Waals surface area contributed by atoms with E-state index < -0.39 is 0 Å². The second-order valence-corrected chi connectivity index (χ2v) is 9.26. The molecule has 3 heterocycles. The Hall–Kier alpha value is -2.99. The van der Waals surface area contributed by atoms with Crippen molar-refractivity contribution < 1.29 is 9.69 Å². The van der Waals surface area contributed by atoms with Crippen molar-refractivity contribution in [3.8, 4) is 11.3 Å². The van der Waals surface area contributed by atoms with E-state index in [1.165, 1.54) is 17.7 Å². The molecule has 6 nitrogen and oxygen atoms in total. The van der Waals surface area contributed by atoms with E-state index in [2.05, 4.69) is 58.4 Å². The predicted octanol–water partition coefficient (Wildman–Crippen LogP) is 2.26. The molecule has 2 aromatic carbocycles. The van der Waals surface area contributed by atoms with Gasteiger partial charge in [0.15, 0.2) is 12.4 Å². The van der Waals surface area contributed by atoms with E-state index in [9.17, 15) is 4.79 Å². The van der Waals surface area contributed by atoms with E-state index in [0.717, 1.165) is 73.0 Å². The number of amides is 1. The summed E-state index contributed by atoms with van der Waals surface area (Å²) in [6, 6.07) is 18.6. The Bertz CT molecular complexity index is 1070. The number of nitrogens with zero attached hydrogens (tertiary/aromatic N) is 4. The summed E-state index contributed by atoms with van der Waals surface area (Å²) in [6.07, 6.45) is 2.47. The topological polar surface area (TPSA) is 53.8 Å². The third kappa shape index (κ3) is 4.32. The van der Waals surface area contributed by atoms with Crippen molar-refractivity contribution in [1.82, 2.24) is 15.1 Å². The normalized spacial score (nSPS) is 21.7. The summed E-state index contributed by atoms with van der Waals surface area (Å²) in [5, 5.41) is 11.5. The standard InChI is InChI=1S/C26H31N5O/c1-20-11-13-29(14-12-20)19-24(32)30-15-17-31(18-16-30)26-23-10-6-5-9-22(23)25(27-28-26)21-7-3-2-4-8-21/h2-10,20H,11-19H2,1H3/p+1. The van der Waals surface area contributed by atoms with Crippen LogP contribution in [0.4, 0.5) is 5.82 Å². The molecule has 6 heteroatoms. The van der Waals surface area contributed by atoms with Crippen LogP contribution in [0.2, 0.25) is 0 Å². The van der Waals surface area contributed by atoms with Crippen molar-refractivity contribution in [2.24, 2.45) is 5.92 Å². The average molecular weight is 431 g/mol. The molecule has 2 aliphatic heterocycles.